The fraction of sp³-hybridized carbons (Fsp3) is 0.357. The molecular weight excluding hydrogens is 687 g/mol. The van der Waals surface area contributed by atoms with E-state index in [0.717, 1.165) is 47.3 Å². The lowest BCUT2D eigenvalue weighted by Gasteiger charge is -2.56. The third kappa shape index (κ3) is 6.02. The minimum Gasteiger partial charge on any atom is -0.310 e. The molecule has 8 aliphatic rings. The highest BCUT2D eigenvalue weighted by Gasteiger charge is 2.52. The van der Waals surface area contributed by atoms with Crippen molar-refractivity contribution in [2.24, 2.45) is 47.3 Å². The van der Waals surface area contributed by atoms with Gasteiger partial charge in [-0.25, -0.2) is 0 Å². The zero-order valence-electron chi connectivity index (χ0n) is 33.2. The van der Waals surface area contributed by atoms with Crippen LogP contribution in [0.1, 0.15) is 87.2 Å². The highest BCUT2D eigenvalue weighted by molar-refractivity contribution is 5.84. The van der Waals surface area contributed by atoms with Crippen LogP contribution >= 0.6 is 0 Å². The highest BCUT2D eigenvalue weighted by Crippen LogP contribution is 2.64. The van der Waals surface area contributed by atoms with Crippen LogP contribution in [0.3, 0.4) is 0 Å². The van der Waals surface area contributed by atoms with Crippen molar-refractivity contribution in [2.45, 2.75) is 76.0 Å². The first-order chi connectivity index (χ1) is 28.2. The highest BCUT2D eigenvalue weighted by atomic mass is 15.1. The zero-order chi connectivity index (χ0) is 37.5. The predicted octanol–water partition coefficient (Wildman–Crippen LogP) is 15.2. The van der Waals surface area contributed by atoms with Gasteiger partial charge in [0.2, 0.25) is 0 Å². The van der Waals surface area contributed by atoms with E-state index in [4.69, 9.17) is 0 Å². The van der Waals surface area contributed by atoms with Crippen molar-refractivity contribution < 1.29 is 0 Å². The lowest BCUT2D eigenvalue weighted by atomic mass is 9.49. The molecule has 6 aromatic rings. The summed E-state index contributed by atoms with van der Waals surface area (Å²) in [4.78, 5) is 2.62. The number of nitrogens with zero attached hydrogens (tertiary/aromatic N) is 1. The Morgan fingerprint density at radius 2 is 0.614 bits per heavy atom. The van der Waals surface area contributed by atoms with E-state index in [-0.39, 0.29) is 0 Å². The van der Waals surface area contributed by atoms with Gasteiger partial charge in [-0.05, 0) is 204 Å². The monoisotopic (exact) mass is 741 g/mol. The average Bonchev–Trinajstić information content (AvgIpc) is 3.24. The summed E-state index contributed by atoms with van der Waals surface area (Å²) in [6.45, 7) is 0. The lowest BCUT2D eigenvalue weighted by Crippen LogP contribution is -2.45. The van der Waals surface area contributed by atoms with E-state index >= 15 is 0 Å². The first kappa shape index (κ1) is 34.2. The van der Waals surface area contributed by atoms with Crippen LogP contribution in [0.5, 0.6) is 0 Å². The molecule has 0 saturated heterocycles. The van der Waals surface area contributed by atoms with Crippen molar-refractivity contribution in [1.29, 1.82) is 0 Å². The van der Waals surface area contributed by atoms with Crippen LogP contribution in [-0.2, 0) is 0 Å². The van der Waals surface area contributed by atoms with Crippen LogP contribution in [-0.4, -0.2) is 0 Å². The van der Waals surface area contributed by atoms with E-state index in [1.54, 1.807) is 16.7 Å². The van der Waals surface area contributed by atoms with Crippen LogP contribution < -0.4 is 4.90 Å². The maximum atomic E-state index is 2.73. The molecule has 8 bridgehead atoms. The predicted molar refractivity (Wildman–Crippen MR) is 237 cm³/mol. The molecule has 0 N–H and O–H groups in total. The molecule has 8 fully saturated rings. The normalized spacial score (nSPS) is 30.5. The summed E-state index contributed by atoms with van der Waals surface area (Å²) in [5.74, 6) is 8.37. The van der Waals surface area contributed by atoms with Gasteiger partial charge in [-0.15, -0.1) is 0 Å². The van der Waals surface area contributed by atoms with Gasteiger partial charge >= 0.3 is 0 Å². The SMILES string of the molecule is c1ccc(-c2ccc(N(c3ccc(-c4ccccc4)cc3)c3cc(C4C5CC6CC(C5)CC4C6)c(-c4ccccc4)c(C4C5CC6CC(C5)CC4C6)c3)cc2)cc1. The van der Waals surface area contributed by atoms with E-state index in [9.17, 15) is 0 Å². The Kier molecular flexibility index (Phi) is 8.34. The van der Waals surface area contributed by atoms with Gasteiger partial charge in [0.1, 0.15) is 0 Å². The molecule has 0 aliphatic heterocycles. The number of hydrogen-bond donors (Lipinski definition) is 0. The molecule has 0 heterocycles. The fourth-order valence-electron chi connectivity index (χ4n) is 14.4. The summed E-state index contributed by atoms with van der Waals surface area (Å²) >= 11 is 0. The molecule has 0 unspecified atom stereocenters. The molecular formula is C56H55N. The van der Waals surface area contributed by atoms with Crippen LogP contribution in [0, 0.1) is 47.3 Å². The number of rotatable bonds is 8. The molecule has 0 radical (unpaired) electrons. The summed E-state index contributed by atoms with van der Waals surface area (Å²) in [5, 5.41) is 0. The molecule has 14 rings (SSSR count). The quantitative estimate of drug-likeness (QED) is 0.150. The molecule has 284 valence electrons. The molecule has 57 heavy (non-hydrogen) atoms. The summed E-state index contributed by atoms with van der Waals surface area (Å²) in [6.07, 6.45) is 14.5. The first-order valence-corrected chi connectivity index (χ1v) is 22.5. The molecule has 8 saturated carbocycles. The van der Waals surface area contributed by atoms with Gasteiger partial charge in [0.05, 0.1) is 0 Å². The standard InChI is InChI=1S/C56H55N/c1-4-10-40(11-5-1)42-16-20-49(21-17-42)57(50-22-18-43(19-23-50)41-12-6-2-7-13-41)51-34-52(54-45-26-36-24-37(28-45)29-46(54)27-36)56(44-14-8-3-9-15-44)53(35-51)55-47-30-38-25-39(32-47)33-48(55)31-38/h1-23,34-39,45-48,54-55H,24-33H2. The van der Waals surface area contributed by atoms with E-state index in [1.807, 2.05) is 0 Å². The lowest BCUT2D eigenvalue weighted by molar-refractivity contribution is -0.00459. The topological polar surface area (TPSA) is 3.24 Å². The maximum Gasteiger partial charge on any atom is 0.0467 e. The molecule has 6 aromatic carbocycles. The Morgan fingerprint density at radius 3 is 0.965 bits per heavy atom. The third-order valence-electron chi connectivity index (χ3n) is 16.1. The van der Waals surface area contributed by atoms with Crippen LogP contribution in [0.2, 0.25) is 0 Å². The van der Waals surface area contributed by atoms with E-state index in [1.165, 1.54) is 109 Å². The van der Waals surface area contributed by atoms with Crippen molar-refractivity contribution in [3.8, 4) is 33.4 Å². The summed E-state index contributed by atoms with van der Waals surface area (Å²) in [5.41, 5.74) is 15.4. The third-order valence-corrected chi connectivity index (χ3v) is 16.1. The van der Waals surface area contributed by atoms with Gasteiger partial charge in [-0.3, -0.25) is 0 Å². The number of anilines is 3. The number of benzene rings is 6. The smallest absolute Gasteiger partial charge is 0.0467 e. The number of hydrogen-bond acceptors (Lipinski definition) is 1. The van der Waals surface area contributed by atoms with Crippen molar-refractivity contribution in [3.63, 3.8) is 0 Å². The van der Waals surface area contributed by atoms with Crippen LogP contribution in [0.15, 0.2) is 152 Å². The van der Waals surface area contributed by atoms with E-state index in [2.05, 4.69) is 157 Å². The second-order valence-corrected chi connectivity index (χ2v) is 19.4. The van der Waals surface area contributed by atoms with E-state index in [0.29, 0.717) is 11.8 Å². The minimum absolute atomic E-state index is 0.645. The molecule has 0 spiro atoms. The van der Waals surface area contributed by atoms with Gasteiger partial charge in [0.25, 0.3) is 0 Å². The van der Waals surface area contributed by atoms with Crippen molar-refractivity contribution in [1.82, 2.24) is 0 Å². The van der Waals surface area contributed by atoms with Gasteiger partial charge in [-0.2, -0.15) is 0 Å². The Labute approximate surface area is 340 Å². The van der Waals surface area contributed by atoms with Crippen LogP contribution in [0.25, 0.3) is 33.4 Å². The van der Waals surface area contributed by atoms with Gasteiger partial charge in [0.15, 0.2) is 0 Å². The van der Waals surface area contributed by atoms with Gasteiger partial charge in [-0.1, -0.05) is 115 Å². The Bertz CT molecular complexity index is 2160. The average molecular weight is 742 g/mol. The molecule has 1 nitrogen and oxygen atoms in total. The summed E-state index contributed by atoms with van der Waals surface area (Å²) in [7, 11) is 0. The van der Waals surface area contributed by atoms with Gasteiger partial charge < -0.3 is 4.90 Å². The van der Waals surface area contributed by atoms with Crippen molar-refractivity contribution in [3.05, 3.63) is 163 Å². The van der Waals surface area contributed by atoms with Crippen LogP contribution in [0.4, 0.5) is 17.1 Å². The summed E-state index contributed by atoms with van der Waals surface area (Å²) in [6, 6.07) is 57.8. The van der Waals surface area contributed by atoms with Crippen molar-refractivity contribution in [2.75, 3.05) is 4.90 Å². The zero-order valence-corrected chi connectivity index (χ0v) is 33.2. The minimum atomic E-state index is 0.645. The van der Waals surface area contributed by atoms with E-state index < -0.39 is 0 Å². The summed E-state index contributed by atoms with van der Waals surface area (Å²) < 4.78 is 0. The maximum absolute atomic E-state index is 2.73. The molecule has 0 aromatic heterocycles. The molecule has 0 amide bonds. The molecule has 1 heteroatoms. The molecule has 8 aliphatic carbocycles. The first-order valence-electron chi connectivity index (χ1n) is 22.5. The largest absolute Gasteiger partial charge is 0.310 e. The Balaban J connectivity index is 1.08. The fourth-order valence-corrected chi connectivity index (χ4v) is 14.4. The second-order valence-electron chi connectivity index (χ2n) is 19.4. The Hall–Kier alpha value is -4.88. The molecule has 0 atom stereocenters. The Morgan fingerprint density at radius 1 is 0.298 bits per heavy atom. The van der Waals surface area contributed by atoms with Gasteiger partial charge in [0, 0.05) is 17.1 Å². The van der Waals surface area contributed by atoms with Crippen molar-refractivity contribution >= 4 is 17.1 Å². The second kappa shape index (κ2) is 13.9.